The number of nitrogens with zero attached hydrogens (tertiary/aromatic N) is 2. The first-order valence-corrected chi connectivity index (χ1v) is 3.45. The summed E-state index contributed by atoms with van der Waals surface area (Å²) in [5, 5.41) is 9.82. The fourth-order valence-corrected chi connectivity index (χ4v) is 1.06. The lowest BCUT2D eigenvalue weighted by Crippen LogP contribution is -2.40. The number of aromatic amines is 2. The van der Waals surface area contributed by atoms with Crippen LogP contribution in [0.1, 0.15) is 0 Å². The Morgan fingerprint density at radius 3 is 3.17 bits per heavy atom. The minimum atomic E-state index is -0.913. The van der Waals surface area contributed by atoms with Gasteiger partial charge in [-0.15, -0.1) is 0 Å². The van der Waals surface area contributed by atoms with Crippen molar-refractivity contribution in [2.75, 3.05) is 7.05 Å². The number of aromatic nitrogens is 2. The first-order chi connectivity index (χ1) is 5.66. The molecule has 12 heavy (non-hydrogen) atoms. The maximum atomic E-state index is 10.8. The van der Waals surface area contributed by atoms with E-state index in [0.29, 0.717) is 10.8 Å². The second-order valence-electron chi connectivity index (χ2n) is 2.61. The van der Waals surface area contributed by atoms with Crippen molar-refractivity contribution in [3.8, 4) is 0 Å². The number of rotatable bonds is 0. The third kappa shape index (κ3) is 0.928. The van der Waals surface area contributed by atoms with Crippen molar-refractivity contribution in [2.45, 2.75) is 6.35 Å². The molecule has 64 valence electrons. The van der Waals surface area contributed by atoms with Gasteiger partial charge in [0.1, 0.15) is 5.35 Å². The number of hydrogen-bond acceptors (Lipinski definition) is 4. The average molecular weight is 168 g/mol. The Morgan fingerprint density at radius 1 is 1.67 bits per heavy atom. The molecule has 1 aliphatic heterocycles. The van der Waals surface area contributed by atoms with Gasteiger partial charge in [0.15, 0.2) is 5.49 Å². The maximum absolute atomic E-state index is 10.8. The zero-order valence-electron chi connectivity index (χ0n) is 6.40. The van der Waals surface area contributed by atoms with Gasteiger partial charge in [-0.25, -0.2) is 9.79 Å². The summed E-state index contributed by atoms with van der Waals surface area (Å²) >= 11 is 0. The summed E-state index contributed by atoms with van der Waals surface area (Å²) in [6.45, 7) is 0. The van der Waals surface area contributed by atoms with E-state index in [2.05, 4.69) is 15.0 Å². The van der Waals surface area contributed by atoms with Crippen molar-refractivity contribution in [1.82, 2.24) is 14.9 Å². The molecule has 1 atom stereocenters. The van der Waals surface area contributed by atoms with Crippen molar-refractivity contribution in [3.05, 3.63) is 21.3 Å². The summed E-state index contributed by atoms with van der Waals surface area (Å²) in [4.78, 5) is 21.1. The number of hydrogen-bond donors (Lipinski definition) is 3. The number of aliphatic hydroxyl groups is 1. The predicted molar refractivity (Wildman–Crippen MR) is 40.4 cm³/mol. The van der Waals surface area contributed by atoms with Crippen LogP contribution in [0.2, 0.25) is 0 Å². The zero-order chi connectivity index (χ0) is 8.72. The van der Waals surface area contributed by atoms with E-state index in [4.69, 9.17) is 0 Å². The van der Waals surface area contributed by atoms with Crippen molar-refractivity contribution >= 4 is 6.20 Å². The van der Waals surface area contributed by atoms with E-state index in [1.54, 1.807) is 13.2 Å². The summed E-state index contributed by atoms with van der Waals surface area (Å²) in [5.74, 6) is 0. The molecule has 1 unspecified atom stereocenters. The Labute approximate surface area is 66.9 Å². The minimum Gasteiger partial charge on any atom is -0.355 e. The highest BCUT2D eigenvalue weighted by atomic mass is 16.3. The lowest BCUT2D eigenvalue weighted by Gasteiger charge is -2.18. The van der Waals surface area contributed by atoms with E-state index in [1.165, 1.54) is 4.90 Å². The van der Waals surface area contributed by atoms with Gasteiger partial charge >= 0.3 is 5.69 Å². The summed E-state index contributed by atoms with van der Waals surface area (Å²) in [5.41, 5.74) is 0.0769. The zero-order valence-corrected chi connectivity index (χ0v) is 6.40. The Hall–Kier alpha value is -1.56. The van der Waals surface area contributed by atoms with E-state index in [1.807, 2.05) is 0 Å². The fraction of sp³-hybridized carbons (Fsp3) is 0.333. The summed E-state index contributed by atoms with van der Waals surface area (Å²) in [7, 11) is 1.67. The highest BCUT2D eigenvalue weighted by Crippen LogP contribution is 1.93. The molecule has 0 saturated carbocycles. The van der Waals surface area contributed by atoms with Gasteiger partial charge in [0.25, 0.3) is 0 Å². The average Bonchev–Trinajstić information content (AvgIpc) is 2.30. The lowest BCUT2D eigenvalue weighted by molar-refractivity contribution is 0.0680. The van der Waals surface area contributed by atoms with E-state index in [9.17, 15) is 9.90 Å². The highest BCUT2D eigenvalue weighted by Gasteiger charge is 2.10. The van der Waals surface area contributed by atoms with Gasteiger partial charge in [-0.1, -0.05) is 0 Å². The van der Waals surface area contributed by atoms with E-state index >= 15 is 0 Å². The molecule has 0 amide bonds. The molecule has 0 radical (unpaired) electrons. The molecule has 6 nitrogen and oxygen atoms in total. The SMILES string of the molecule is CN1C=c2[nH]c(=O)[nH]c2=NC1O. The standard InChI is InChI=1S/C6H8N4O2/c1-10-2-3-4(9-6(10)12)8-5(11)7-3/h2,6,12H,1H3,(H2,7,8,9,11). The van der Waals surface area contributed by atoms with Gasteiger partial charge in [-0.3, -0.25) is 4.98 Å². The second-order valence-corrected chi connectivity index (χ2v) is 2.61. The molecule has 0 bridgehead atoms. The molecule has 3 N–H and O–H groups in total. The normalized spacial score (nSPS) is 21.2. The molecule has 2 rings (SSSR count). The molecule has 1 aliphatic rings. The molecule has 0 spiro atoms. The van der Waals surface area contributed by atoms with Crippen molar-refractivity contribution in [3.63, 3.8) is 0 Å². The predicted octanol–water partition coefficient (Wildman–Crippen LogP) is -2.72. The van der Waals surface area contributed by atoms with Crippen LogP contribution in [0.15, 0.2) is 9.79 Å². The number of fused-ring (bicyclic) bond motifs is 1. The van der Waals surface area contributed by atoms with E-state index in [0.717, 1.165) is 0 Å². The highest BCUT2D eigenvalue weighted by molar-refractivity contribution is 5.16. The number of imidazole rings is 1. The van der Waals surface area contributed by atoms with Gasteiger partial charge in [-0.2, -0.15) is 0 Å². The maximum Gasteiger partial charge on any atom is 0.325 e. The molecule has 0 aliphatic carbocycles. The minimum absolute atomic E-state index is 0.317. The molecule has 0 saturated heterocycles. The first kappa shape index (κ1) is 7.11. The summed E-state index contributed by atoms with van der Waals surface area (Å²) in [6, 6.07) is 0. The Morgan fingerprint density at radius 2 is 2.42 bits per heavy atom. The van der Waals surface area contributed by atoms with E-state index in [-0.39, 0.29) is 5.69 Å². The number of H-pyrrole nitrogens is 2. The van der Waals surface area contributed by atoms with Crippen molar-refractivity contribution in [1.29, 1.82) is 0 Å². The fourth-order valence-electron chi connectivity index (χ4n) is 1.06. The van der Waals surface area contributed by atoms with Gasteiger partial charge in [0, 0.05) is 13.2 Å². The van der Waals surface area contributed by atoms with Crippen LogP contribution in [-0.2, 0) is 0 Å². The molecular weight excluding hydrogens is 160 g/mol. The molecular formula is C6H8N4O2. The summed E-state index contributed by atoms with van der Waals surface area (Å²) < 4.78 is 0. The molecule has 1 aromatic rings. The Kier molecular flexibility index (Phi) is 1.31. The van der Waals surface area contributed by atoms with Crippen LogP contribution in [0, 0.1) is 0 Å². The summed E-state index contributed by atoms with van der Waals surface area (Å²) in [6.07, 6.45) is 0.703. The van der Waals surface area contributed by atoms with Crippen molar-refractivity contribution in [2.24, 2.45) is 4.99 Å². The molecule has 1 aromatic heterocycles. The number of aliphatic hydroxyl groups excluding tert-OH is 1. The second kappa shape index (κ2) is 2.21. The van der Waals surface area contributed by atoms with Crippen molar-refractivity contribution < 1.29 is 5.11 Å². The molecule has 2 heterocycles. The van der Waals surface area contributed by atoms with Gasteiger partial charge in [0.2, 0.25) is 6.35 Å². The third-order valence-corrected chi connectivity index (χ3v) is 1.68. The monoisotopic (exact) mass is 168 g/mol. The van der Waals surface area contributed by atoms with Crippen LogP contribution in [-0.4, -0.2) is 33.4 Å². The Balaban J connectivity index is 2.78. The smallest absolute Gasteiger partial charge is 0.325 e. The van der Waals surface area contributed by atoms with Crippen LogP contribution in [0.3, 0.4) is 0 Å². The van der Waals surface area contributed by atoms with Gasteiger partial charge in [-0.05, 0) is 0 Å². The molecule has 0 aromatic carbocycles. The molecule has 6 heteroatoms. The first-order valence-electron chi connectivity index (χ1n) is 3.45. The topological polar surface area (TPSA) is 84.5 Å². The van der Waals surface area contributed by atoms with Crippen LogP contribution in [0.4, 0.5) is 0 Å². The van der Waals surface area contributed by atoms with Crippen LogP contribution < -0.4 is 16.5 Å². The third-order valence-electron chi connectivity index (χ3n) is 1.68. The van der Waals surface area contributed by atoms with Crippen LogP contribution >= 0.6 is 0 Å². The van der Waals surface area contributed by atoms with Crippen LogP contribution in [0.25, 0.3) is 6.20 Å². The largest absolute Gasteiger partial charge is 0.355 e. The lowest BCUT2D eigenvalue weighted by atomic mass is 10.5. The molecule has 0 fully saturated rings. The van der Waals surface area contributed by atoms with Gasteiger partial charge < -0.3 is 15.0 Å². The van der Waals surface area contributed by atoms with Crippen LogP contribution in [0.5, 0.6) is 0 Å². The Bertz CT molecular complexity index is 416. The quantitative estimate of drug-likeness (QED) is 0.393. The number of nitrogens with one attached hydrogen (secondary N) is 2. The van der Waals surface area contributed by atoms with E-state index < -0.39 is 6.35 Å². The van der Waals surface area contributed by atoms with Gasteiger partial charge in [0.05, 0.1) is 0 Å².